The second kappa shape index (κ2) is 4.09. The summed E-state index contributed by atoms with van der Waals surface area (Å²) in [6.07, 6.45) is 0. The van der Waals surface area contributed by atoms with Crippen LogP contribution in [0.15, 0.2) is 34.7 Å². The first-order valence-corrected chi connectivity index (χ1v) is 5.14. The van der Waals surface area contributed by atoms with Crippen LogP contribution in [0.5, 0.6) is 0 Å². The lowest BCUT2D eigenvalue weighted by atomic mass is 10.1. The summed E-state index contributed by atoms with van der Waals surface area (Å²) < 4.78 is 5.53. The van der Waals surface area contributed by atoms with Gasteiger partial charge in [0.1, 0.15) is 11.5 Å². The molecule has 2 N–H and O–H groups in total. The topological polar surface area (TPSA) is 39.2 Å². The fraction of sp³-hybridized carbons (Fsp3) is 0.167. The summed E-state index contributed by atoms with van der Waals surface area (Å²) in [5.41, 5.74) is 7.51. The maximum absolute atomic E-state index is 6.04. The van der Waals surface area contributed by atoms with Crippen LogP contribution in [0.2, 0.25) is 5.02 Å². The number of hydrogen-bond acceptors (Lipinski definition) is 2. The third-order valence-corrected chi connectivity index (χ3v) is 2.73. The summed E-state index contributed by atoms with van der Waals surface area (Å²) in [6.45, 7) is 2.39. The molecule has 0 saturated heterocycles. The molecule has 3 heteroatoms. The van der Waals surface area contributed by atoms with Crippen LogP contribution in [-0.4, -0.2) is 0 Å². The van der Waals surface area contributed by atoms with Crippen molar-refractivity contribution in [3.8, 4) is 11.3 Å². The van der Waals surface area contributed by atoms with Crippen molar-refractivity contribution >= 4 is 11.6 Å². The van der Waals surface area contributed by atoms with Gasteiger partial charge in [-0.05, 0) is 30.7 Å². The molecule has 0 aliphatic rings. The maximum atomic E-state index is 6.04. The van der Waals surface area contributed by atoms with Crippen molar-refractivity contribution in [1.29, 1.82) is 0 Å². The van der Waals surface area contributed by atoms with Gasteiger partial charge in [-0.2, -0.15) is 0 Å². The number of furan rings is 1. The predicted molar refractivity (Wildman–Crippen MR) is 61.8 cm³/mol. The lowest BCUT2D eigenvalue weighted by Crippen LogP contribution is -1.92. The minimum Gasteiger partial charge on any atom is -0.460 e. The predicted octanol–water partition coefficient (Wildman–Crippen LogP) is 3.37. The minimum absolute atomic E-state index is 0.416. The van der Waals surface area contributed by atoms with Crippen molar-refractivity contribution in [2.75, 3.05) is 0 Å². The molecule has 0 saturated carbocycles. The third-order valence-electron chi connectivity index (χ3n) is 2.32. The molecular formula is C12H12ClNO. The van der Waals surface area contributed by atoms with Crippen LogP contribution in [-0.2, 0) is 6.54 Å². The summed E-state index contributed by atoms with van der Waals surface area (Å²) in [6, 6.07) is 9.64. The zero-order valence-electron chi connectivity index (χ0n) is 8.46. The van der Waals surface area contributed by atoms with Crippen molar-refractivity contribution < 1.29 is 4.42 Å². The van der Waals surface area contributed by atoms with Crippen molar-refractivity contribution in [3.05, 3.63) is 46.7 Å². The van der Waals surface area contributed by atoms with Crippen molar-refractivity contribution in [2.24, 2.45) is 5.73 Å². The average Bonchev–Trinajstić information content (AvgIpc) is 2.70. The van der Waals surface area contributed by atoms with E-state index < -0.39 is 0 Å². The summed E-state index contributed by atoms with van der Waals surface area (Å²) in [5.74, 6) is 1.58. The van der Waals surface area contributed by atoms with Crippen molar-refractivity contribution in [1.82, 2.24) is 0 Å². The van der Waals surface area contributed by atoms with Crippen LogP contribution in [0.1, 0.15) is 11.3 Å². The van der Waals surface area contributed by atoms with Gasteiger partial charge in [0.05, 0.1) is 6.54 Å². The number of hydrogen-bond donors (Lipinski definition) is 1. The zero-order chi connectivity index (χ0) is 10.8. The lowest BCUT2D eigenvalue weighted by Gasteiger charge is -2.00. The van der Waals surface area contributed by atoms with E-state index in [1.54, 1.807) is 0 Å². The SMILES string of the molecule is Cc1ccc(-c2ccc(CN)o2)cc1Cl. The highest BCUT2D eigenvalue weighted by Crippen LogP contribution is 2.26. The largest absolute Gasteiger partial charge is 0.460 e. The Labute approximate surface area is 93.7 Å². The van der Waals surface area contributed by atoms with Crippen LogP contribution in [0.4, 0.5) is 0 Å². The van der Waals surface area contributed by atoms with Gasteiger partial charge >= 0.3 is 0 Å². The molecule has 0 spiro atoms. The van der Waals surface area contributed by atoms with E-state index in [9.17, 15) is 0 Å². The van der Waals surface area contributed by atoms with Gasteiger partial charge in [0.15, 0.2) is 0 Å². The first-order valence-electron chi connectivity index (χ1n) is 4.76. The van der Waals surface area contributed by atoms with E-state index in [0.29, 0.717) is 6.54 Å². The number of rotatable bonds is 2. The van der Waals surface area contributed by atoms with Gasteiger partial charge in [-0.25, -0.2) is 0 Å². The zero-order valence-corrected chi connectivity index (χ0v) is 9.21. The van der Waals surface area contributed by atoms with Crippen LogP contribution < -0.4 is 5.73 Å². The lowest BCUT2D eigenvalue weighted by molar-refractivity contribution is 0.525. The van der Waals surface area contributed by atoms with E-state index >= 15 is 0 Å². The van der Waals surface area contributed by atoms with E-state index in [1.807, 2.05) is 37.3 Å². The average molecular weight is 222 g/mol. The fourth-order valence-electron chi connectivity index (χ4n) is 1.39. The van der Waals surface area contributed by atoms with Gasteiger partial charge in [0.2, 0.25) is 0 Å². The highest BCUT2D eigenvalue weighted by molar-refractivity contribution is 6.31. The molecule has 0 amide bonds. The second-order valence-corrected chi connectivity index (χ2v) is 3.84. The van der Waals surface area contributed by atoms with E-state index in [0.717, 1.165) is 27.7 Å². The smallest absolute Gasteiger partial charge is 0.134 e. The molecule has 0 bridgehead atoms. The van der Waals surface area contributed by atoms with Gasteiger partial charge in [0, 0.05) is 10.6 Å². The van der Waals surface area contributed by atoms with Gasteiger partial charge < -0.3 is 10.2 Å². The molecule has 1 aromatic heterocycles. The first kappa shape index (κ1) is 10.3. The molecule has 2 aromatic rings. The molecule has 0 aliphatic carbocycles. The summed E-state index contributed by atoms with van der Waals surface area (Å²) >= 11 is 6.04. The Bertz CT molecular complexity index is 476. The van der Waals surface area contributed by atoms with Gasteiger partial charge in [-0.1, -0.05) is 23.7 Å². The molecule has 0 fully saturated rings. The minimum atomic E-state index is 0.416. The van der Waals surface area contributed by atoms with E-state index in [-0.39, 0.29) is 0 Å². The number of aryl methyl sites for hydroxylation is 1. The molecule has 78 valence electrons. The Morgan fingerprint density at radius 1 is 1.27 bits per heavy atom. The van der Waals surface area contributed by atoms with E-state index in [1.165, 1.54) is 0 Å². The first-order chi connectivity index (χ1) is 7.20. The fourth-order valence-corrected chi connectivity index (χ4v) is 1.57. The molecule has 0 unspecified atom stereocenters. The molecule has 0 atom stereocenters. The molecule has 0 aliphatic heterocycles. The molecular weight excluding hydrogens is 210 g/mol. The Kier molecular flexibility index (Phi) is 2.80. The van der Waals surface area contributed by atoms with Crippen molar-refractivity contribution in [2.45, 2.75) is 13.5 Å². The summed E-state index contributed by atoms with van der Waals surface area (Å²) in [7, 11) is 0. The van der Waals surface area contributed by atoms with E-state index in [2.05, 4.69) is 0 Å². The monoisotopic (exact) mass is 221 g/mol. The van der Waals surface area contributed by atoms with Crippen LogP contribution in [0.3, 0.4) is 0 Å². The van der Waals surface area contributed by atoms with Crippen LogP contribution >= 0.6 is 11.6 Å². The molecule has 2 nitrogen and oxygen atoms in total. The number of halogens is 1. The van der Waals surface area contributed by atoms with Crippen molar-refractivity contribution in [3.63, 3.8) is 0 Å². The van der Waals surface area contributed by atoms with Crippen LogP contribution in [0.25, 0.3) is 11.3 Å². The summed E-state index contributed by atoms with van der Waals surface area (Å²) in [5, 5.41) is 0.748. The molecule has 15 heavy (non-hydrogen) atoms. The Morgan fingerprint density at radius 3 is 2.67 bits per heavy atom. The Morgan fingerprint density at radius 2 is 2.07 bits per heavy atom. The number of nitrogens with two attached hydrogens (primary N) is 1. The molecule has 1 heterocycles. The summed E-state index contributed by atoms with van der Waals surface area (Å²) in [4.78, 5) is 0. The number of benzene rings is 1. The second-order valence-electron chi connectivity index (χ2n) is 3.43. The van der Waals surface area contributed by atoms with Gasteiger partial charge in [-0.15, -0.1) is 0 Å². The molecule has 0 radical (unpaired) electrons. The highest BCUT2D eigenvalue weighted by atomic mass is 35.5. The molecule has 1 aromatic carbocycles. The normalized spacial score (nSPS) is 10.6. The van der Waals surface area contributed by atoms with Gasteiger partial charge in [-0.3, -0.25) is 0 Å². The highest BCUT2D eigenvalue weighted by Gasteiger charge is 2.05. The maximum Gasteiger partial charge on any atom is 0.134 e. The third kappa shape index (κ3) is 2.06. The molecule has 2 rings (SSSR count). The Balaban J connectivity index is 2.40. The standard InChI is InChI=1S/C12H12ClNO/c1-8-2-3-9(6-11(8)13)12-5-4-10(7-14)15-12/h2-6H,7,14H2,1H3. The van der Waals surface area contributed by atoms with Crippen LogP contribution in [0, 0.1) is 6.92 Å². The van der Waals surface area contributed by atoms with Gasteiger partial charge in [0.25, 0.3) is 0 Å². The Hall–Kier alpha value is -1.25. The quantitative estimate of drug-likeness (QED) is 0.845. The van der Waals surface area contributed by atoms with E-state index in [4.69, 9.17) is 21.8 Å².